The zero-order valence-electron chi connectivity index (χ0n) is 9.51. The predicted octanol–water partition coefficient (Wildman–Crippen LogP) is 3.80. The van der Waals surface area contributed by atoms with Crippen LogP contribution >= 0.6 is 0 Å². The van der Waals surface area contributed by atoms with Crippen molar-refractivity contribution in [1.82, 2.24) is 10.2 Å². The molecule has 0 aliphatic carbocycles. The third-order valence-corrected chi connectivity index (χ3v) is 2.64. The Kier molecular flexibility index (Phi) is 2.45. The molecular weight excluding hydrogens is 210 g/mol. The molecule has 86 valence electrons. The van der Waals surface area contributed by atoms with Crippen LogP contribution in [0.4, 0.5) is 8.78 Å². The second kappa shape index (κ2) is 3.54. The molecule has 2 nitrogen and oxygen atoms in total. The molecule has 0 amide bonds. The van der Waals surface area contributed by atoms with E-state index in [2.05, 4.69) is 10.2 Å². The summed E-state index contributed by atoms with van der Waals surface area (Å²) < 4.78 is 25.4. The van der Waals surface area contributed by atoms with E-state index in [9.17, 15) is 8.78 Å². The van der Waals surface area contributed by atoms with Gasteiger partial charge >= 0.3 is 0 Å². The van der Waals surface area contributed by atoms with Crippen molar-refractivity contribution >= 4 is 10.9 Å². The van der Waals surface area contributed by atoms with E-state index < -0.39 is 6.43 Å². The summed E-state index contributed by atoms with van der Waals surface area (Å²) in [6, 6.07) is 5.40. The summed E-state index contributed by atoms with van der Waals surface area (Å²) in [5, 5.41) is 6.94. The number of aromatic nitrogens is 2. The first-order chi connectivity index (χ1) is 7.41. The van der Waals surface area contributed by atoms with Gasteiger partial charge in [-0.05, 0) is 11.0 Å². The molecule has 0 spiro atoms. The molecule has 0 fully saturated rings. The molecule has 2 rings (SSSR count). The van der Waals surface area contributed by atoms with Gasteiger partial charge in [-0.15, -0.1) is 0 Å². The van der Waals surface area contributed by atoms with Crippen molar-refractivity contribution < 1.29 is 8.78 Å². The van der Waals surface area contributed by atoms with E-state index in [4.69, 9.17) is 0 Å². The first kappa shape index (κ1) is 11.0. The molecule has 0 saturated carbocycles. The summed E-state index contributed by atoms with van der Waals surface area (Å²) >= 11 is 0. The van der Waals surface area contributed by atoms with E-state index in [0.717, 1.165) is 5.56 Å². The topological polar surface area (TPSA) is 28.7 Å². The quantitative estimate of drug-likeness (QED) is 0.784. The fourth-order valence-electron chi connectivity index (χ4n) is 1.83. The molecule has 0 saturated heterocycles. The van der Waals surface area contributed by atoms with Gasteiger partial charge in [0.2, 0.25) is 0 Å². The van der Waals surface area contributed by atoms with Crippen LogP contribution < -0.4 is 0 Å². The maximum atomic E-state index is 12.7. The number of fused-ring (bicyclic) bond motifs is 1. The molecule has 1 aromatic carbocycles. The smallest absolute Gasteiger partial charge is 0.276 e. The lowest BCUT2D eigenvalue weighted by Gasteiger charge is -2.19. The van der Waals surface area contributed by atoms with Crippen LogP contribution in [-0.4, -0.2) is 10.2 Å². The van der Waals surface area contributed by atoms with E-state index >= 15 is 0 Å². The Bertz CT molecular complexity index is 509. The standard InChI is InChI=1S/C12H14F2N2/c1-12(2,3)8-6-4-5-7-9(8)15-16-10(7)11(13)14/h4-6,11H,1-3H3,(H,15,16). The monoisotopic (exact) mass is 224 g/mol. The molecule has 0 aliphatic heterocycles. The van der Waals surface area contributed by atoms with Gasteiger partial charge in [0.05, 0.1) is 5.52 Å². The van der Waals surface area contributed by atoms with Crippen molar-refractivity contribution in [3.05, 3.63) is 29.5 Å². The van der Waals surface area contributed by atoms with Crippen LogP contribution in [0.3, 0.4) is 0 Å². The minimum atomic E-state index is -2.51. The molecule has 1 aromatic heterocycles. The van der Waals surface area contributed by atoms with Crippen LogP contribution in [0.25, 0.3) is 10.9 Å². The first-order valence-electron chi connectivity index (χ1n) is 5.17. The fraction of sp³-hybridized carbons (Fsp3) is 0.417. The third kappa shape index (κ3) is 1.68. The lowest BCUT2D eigenvalue weighted by molar-refractivity contribution is 0.147. The average molecular weight is 224 g/mol. The second-order valence-corrected chi connectivity index (χ2v) is 4.89. The number of halogens is 2. The molecule has 4 heteroatoms. The molecule has 0 unspecified atom stereocenters. The highest BCUT2D eigenvalue weighted by Gasteiger charge is 2.21. The SMILES string of the molecule is CC(C)(C)c1cccc2c(C(F)F)[nH]nc12. The fourth-order valence-corrected chi connectivity index (χ4v) is 1.83. The number of hydrogen-bond acceptors (Lipinski definition) is 1. The predicted molar refractivity (Wildman–Crippen MR) is 59.8 cm³/mol. The lowest BCUT2D eigenvalue weighted by Crippen LogP contribution is -2.11. The molecule has 0 radical (unpaired) electrons. The van der Waals surface area contributed by atoms with Crippen molar-refractivity contribution in [2.45, 2.75) is 32.6 Å². The zero-order chi connectivity index (χ0) is 11.9. The molecule has 1 heterocycles. The summed E-state index contributed by atoms with van der Waals surface area (Å²) in [6.07, 6.45) is -2.51. The van der Waals surface area contributed by atoms with Gasteiger partial charge in [-0.25, -0.2) is 8.78 Å². The minimum Gasteiger partial charge on any atom is -0.276 e. The molecular formula is C12H14F2N2. The van der Waals surface area contributed by atoms with Gasteiger partial charge < -0.3 is 0 Å². The van der Waals surface area contributed by atoms with E-state index in [1.165, 1.54) is 0 Å². The van der Waals surface area contributed by atoms with Crippen LogP contribution in [0.2, 0.25) is 0 Å². The Balaban J connectivity index is 2.72. The second-order valence-electron chi connectivity index (χ2n) is 4.89. The molecule has 0 aliphatic rings. The summed E-state index contributed by atoms with van der Waals surface area (Å²) in [5.74, 6) is 0. The van der Waals surface area contributed by atoms with E-state index in [1.807, 2.05) is 26.8 Å². The maximum absolute atomic E-state index is 12.7. The summed E-state index contributed by atoms with van der Waals surface area (Å²) in [5.41, 5.74) is 1.42. The van der Waals surface area contributed by atoms with Gasteiger partial charge in [0.25, 0.3) is 6.43 Å². The number of rotatable bonds is 1. The van der Waals surface area contributed by atoms with Crippen LogP contribution in [0.1, 0.15) is 38.5 Å². The molecule has 1 N–H and O–H groups in total. The third-order valence-electron chi connectivity index (χ3n) is 2.64. The van der Waals surface area contributed by atoms with Crippen molar-refractivity contribution in [1.29, 1.82) is 0 Å². The summed E-state index contributed by atoms with van der Waals surface area (Å²) in [4.78, 5) is 0. The van der Waals surface area contributed by atoms with Crippen molar-refractivity contribution in [2.24, 2.45) is 0 Å². The number of alkyl halides is 2. The Morgan fingerprint density at radius 2 is 1.94 bits per heavy atom. The Labute approximate surface area is 92.7 Å². The van der Waals surface area contributed by atoms with Crippen LogP contribution in [0.5, 0.6) is 0 Å². The Hall–Kier alpha value is -1.45. The van der Waals surface area contributed by atoms with Crippen LogP contribution in [0, 0.1) is 0 Å². The number of para-hydroxylation sites is 1. The number of nitrogens with zero attached hydrogens (tertiary/aromatic N) is 1. The highest BCUT2D eigenvalue weighted by atomic mass is 19.3. The Morgan fingerprint density at radius 3 is 2.50 bits per heavy atom. The van der Waals surface area contributed by atoms with Gasteiger partial charge in [-0.3, -0.25) is 5.10 Å². The Morgan fingerprint density at radius 1 is 1.25 bits per heavy atom. The molecule has 16 heavy (non-hydrogen) atoms. The minimum absolute atomic E-state index is 0.0962. The van der Waals surface area contributed by atoms with Crippen LogP contribution in [-0.2, 0) is 5.41 Å². The number of benzene rings is 1. The number of nitrogens with one attached hydrogen (secondary N) is 1. The maximum Gasteiger partial charge on any atom is 0.280 e. The molecule has 0 bridgehead atoms. The molecule has 2 aromatic rings. The largest absolute Gasteiger partial charge is 0.280 e. The highest BCUT2D eigenvalue weighted by molar-refractivity contribution is 5.85. The normalized spacial score (nSPS) is 12.6. The van der Waals surface area contributed by atoms with Crippen molar-refractivity contribution in [3.8, 4) is 0 Å². The number of H-pyrrole nitrogens is 1. The highest BCUT2D eigenvalue weighted by Crippen LogP contribution is 2.32. The zero-order valence-corrected chi connectivity index (χ0v) is 9.51. The van der Waals surface area contributed by atoms with Gasteiger partial charge in [-0.1, -0.05) is 39.0 Å². The van der Waals surface area contributed by atoms with Crippen molar-refractivity contribution in [3.63, 3.8) is 0 Å². The number of hydrogen-bond donors (Lipinski definition) is 1. The van der Waals surface area contributed by atoms with E-state index in [-0.39, 0.29) is 11.1 Å². The number of aromatic amines is 1. The van der Waals surface area contributed by atoms with Gasteiger partial charge in [0, 0.05) is 5.39 Å². The van der Waals surface area contributed by atoms with Gasteiger partial charge in [-0.2, -0.15) is 5.10 Å². The van der Waals surface area contributed by atoms with Crippen LogP contribution in [0.15, 0.2) is 18.2 Å². The lowest BCUT2D eigenvalue weighted by atomic mass is 9.85. The van der Waals surface area contributed by atoms with E-state index in [0.29, 0.717) is 10.9 Å². The van der Waals surface area contributed by atoms with Gasteiger partial charge in [0.15, 0.2) is 0 Å². The van der Waals surface area contributed by atoms with E-state index in [1.54, 1.807) is 12.1 Å². The summed E-state index contributed by atoms with van der Waals surface area (Å²) in [6.45, 7) is 6.12. The first-order valence-corrected chi connectivity index (χ1v) is 5.17. The van der Waals surface area contributed by atoms with Crippen molar-refractivity contribution in [2.75, 3.05) is 0 Å². The summed E-state index contributed by atoms with van der Waals surface area (Å²) in [7, 11) is 0. The van der Waals surface area contributed by atoms with Gasteiger partial charge in [0.1, 0.15) is 5.69 Å². The molecule has 0 atom stereocenters. The average Bonchev–Trinajstić information content (AvgIpc) is 2.58.